The Bertz CT molecular complexity index is 746. The van der Waals surface area contributed by atoms with E-state index in [1.165, 1.54) is 18.5 Å². The summed E-state index contributed by atoms with van der Waals surface area (Å²) in [5, 5.41) is 3.87. The zero-order chi connectivity index (χ0) is 15.8. The standard InChI is InChI=1S/C17H19FN4O/c18-12-5-6-15-14(8-12)16(20-10-19-15)22-7-1-2-13(9-22)21-17(23)11-3-4-11/h5-6,8,10-11,13H,1-4,7,9H2,(H,21,23). The summed E-state index contributed by atoms with van der Waals surface area (Å²) in [5.41, 5.74) is 0.737. The van der Waals surface area contributed by atoms with Gasteiger partial charge >= 0.3 is 0 Å². The van der Waals surface area contributed by atoms with Gasteiger partial charge in [-0.25, -0.2) is 14.4 Å². The molecule has 2 aliphatic rings. The lowest BCUT2D eigenvalue weighted by Crippen LogP contribution is -2.48. The normalized spacial score (nSPS) is 21.4. The molecule has 1 aliphatic heterocycles. The van der Waals surface area contributed by atoms with Crippen LogP contribution in [0.3, 0.4) is 0 Å². The number of nitrogens with zero attached hydrogens (tertiary/aromatic N) is 3. The van der Waals surface area contributed by atoms with Gasteiger partial charge in [-0.2, -0.15) is 0 Å². The molecule has 2 aromatic rings. The van der Waals surface area contributed by atoms with Gasteiger partial charge in [-0.1, -0.05) is 0 Å². The van der Waals surface area contributed by atoms with Crippen molar-refractivity contribution in [3.63, 3.8) is 0 Å². The van der Waals surface area contributed by atoms with Crippen molar-refractivity contribution in [2.75, 3.05) is 18.0 Å². The molecule has 1 saturated heterocycles. The number of halogens is 1. The maximum Gasteiger partial charge on any atom is 0.223 e. The van der Waals surface area contributed by atoms with Crippen LogP contribution >= 0.6 is 0 Å². The summed E-state index contributed by atoms with van der Waals surface area (Å²) in [6.45, 7) is 1.57. The van der Waals surface area contributed by atoms with Crippen molar-refractivity contribution in [1.29, 1.82) is 0 Å². The molecule has 120 valence electrons. The molecule has 1 saturated carbocycles. The van der Waals surface area contributed by atoms with Gasteiger partial charge in [0.15, 0.2) is 0 Å². The third-order valence-electron chi connectivity index (χ3n) is 4.59. The quantitative estimate of drug-likeness (QED) is 0.944. The van der Waals surface area contributed by atoms with Gasteiger partial charge in [-0.05, 0) is 43.9 Å². The summed E-state index contributed by atoms with van der Waals surface area (Å²) in [6, 6.07) is 4.70. The molecule has 2 fully saturated rings. The van der Waals surface area contributed by atoms with Crippen LogP contribution < -0.4 is 10.2 Å². The summed E-state index contributed by atoms with van der Waals surface area (Å²) >= 11 is 0. The number of amides is 1. The zero-order valence-electron chi connectivity index (χ0n) is 12.8. The van der Waals surface area contributed by atoms with Gasteiger partial charge in [-0.3, -0.25) is 4.79 Å². The van der Waals surface area contributed by atoms with Crippen LogP contribution in [0.15, 0.2) is 24.5 Å². The van der Waals surface area contributed by atoms with Crippen LogP contribution in [0.4, 0.5) is 10.2 Å². The van der Waals surface area contributed by atoms with Crippen LogP contribution in [0.1, 0.15) is 25.7 Å². The van der Waals surface area contributed by atoms with Crippen molar-refractivity contribution < 1.29 is 9.18 Å². The molecular weight excluding hydrogens is 295 g/mol. The van der Waals surface area contributed by atoms with E-state index in [0.29, 0.717) is 6.54 Å². The zero-order valence-corrected chi connectivity index (χ0v) is 12.8. The monoisotopic (exact) mass is 314 g/mol. The number of aromatic nitrogens is 2. The first kappa shape index (κ1) is 14.4. The lowest BCUT2D eigenvalue weighted by molar-refractivity contribution is -0.123. The highest BCUT2D eigenvalue weighted by molar-refractivity contribution is 5.89. The molecule has 23 heavy (non-hydrogen) atoms. The van der Waals surface area contributed by atoms with E-state index in [9.17, 15) is 9.18 Å². The molecule has 1 aliphatic carbocycles. The van der Waals surface area contributed by atoms with E-state index < -0.39 is 0 Å². The number of carbonyl (C=O) groups excluding carboxylic acids is 1. The molecule has 1 amide bonds. The van der Waals surface area contributed by atoms with E-state index in [2.05, 4.69) is 20.2 Å². The van der Waals surface area contributed by atoms with Gasteiger partial charge in [0.25, 0.3) is 0 Å². The van der Waals surface area contributed by atoms with Crippen molar-refractivity contribution in [3.8, 4) is 0 Å². The number of carbonyl (C=O) groups is 1. The van der Waals surface area contributed by atoms with Crippen molar-refractivity contribution in [3.05, 3.63) is 30.3 Å². The van der Waals surface area contributed by atoms with Crippen LogP contribution in [-0.2, 0) is 4.79 Å². The van der Waals surface area contributed by atoms with E-state index in [0.717, 1.165) is 48.9 Å². The minimum absolute atomic E-state index is 0.135. The van der Waals surface area contributed by atoms with Crippen LogP contribution in [0.5, 0.6) is 0 Å². The first-order chi connectivity index (χ1) is 11.2. The maximum absolute atomic E-state index is 13.6. The molecule has 4 rings (SSSR count). The van der Waals surface area contributed by atoms with Crippen LogP contribution in [-0.4, -0.2) is 35.0 Å². The number of piperidine rings is 1. The van der Waals surface area contributed by atoms with Crippen molar-refractivity contribution in [1.82, 2.24) is 15.3 Å². The van der Waals surface area contributed by atoms with Crippen LogP contribution in [0.2, 0.25) is 0 Å². The number of hydrogen-bond acceptors (Lipinski definition) is 4. The van der Waals surface area contributed by atoms with Crippen molar-refractivity contribution in [2.45, 2.75) is 31.7 Å². The SMILES string of the molecule is O=C(NC1CCCN(c2ncnc3ccc(F)cc23)C1)C1CC1. The molecule has 1 aromatic heterocycles. The second-order valence-corrected chi connectivity index (χ2v) is 6.43. The van der Waals surface area contributed by atoms with Crippen LogP contribution in [0, 0.1) is 11.7 Å². The number of anilines is 1. The lowest BCUT2D eigenvalue weighted by Gasteiger charge is -2.34. The largest absolute Gasteiger partial charge is 0.354 e. The molecule has 1 N–H and O–H groups in total. The topological polar surface area (TPSA) is 58.1 Å². The Morgan fingerprint density at radius 2 is 2.13 bits per heavy atom. The summed E-state index contributed by atoms with van der Waals surface area (Å²) in [6.07, 6.45) is 5.50. The minimum Gasteiger partial charge on any atom is -0.354 e. The van der Waals surface area contributed by atoms with Gasteiger partial charge in [0.05, 0.1) is 5.52 Å². The fraction of sp³-hybridized carbons (Fsp3) is 0.471. The summed E-state index contributed by atoms with van der Waals surface area (Å²) < 4.78 is 13.6. The summed E-state index contributed by atoms with van der Waals surface area (Å²) in [5.74, 6) is 0.860. The third-order valence-corrected chi connectivity index (χ3v) is 4.59. The Labute approximate surface area is 133 Å². The summed E-state index contributed by atoms with van der Waals surface area (Å²) in [4.78, 5) is 22.7. The van der Waals surface area contributed by atoms with E-state index in [4.69, 9.17) is 0 Å². The Morgan fingerprint density at radius 1 is 1.26 bits per heavy atom. The first-order valence-corrected chi connectivity index (χ1v) is 8.16. The highest BCUT2D eigenvalue weighted by Gasteiger charge is 2.32. The third kappa shape index (κ3) is 2.98. The molecule has 6 heteroatoms. The average Bonchev–Trinajstić information content (AvgIpc) is 3.39. The fourth-order valence-corrected chi connectivity index (χ4v) is 3.22. The smallest absolute Gasteiger partial charge is 0.223 e. The predicted molar refractivity (Wildman–Crippen MR) is 85.6 cm³/mol. The Kier molecular flexibility index (Phi) is 3.59. The van der Waals surface area contributed by atoms with E-state index in [-0.39, 0.29) is 23.7 Å². The molecule has 1 atom stereocenters. The van der Waals surface area contributed by atoms with Gasteiger partial charge in [0.1, 0.15) is 18.0 Å². The summed E-state index contributed by atoms with van der Waals surface area (Å²) in [7, 11) is 0. The van der Waals surface area contributed by atoms with Crippen molar-refractivity contribution >= 4 is 22.6 Å². The molecule has 1 aromatic carbocycles. The molecule has 5 nitrogen and oxygen atoms in total. The molecule has 0 radical (unpaired) electrons. The highest BCUT2D eigenvalue weighted by atomic mass is 19.1. The second kappa shape index (κ2) is 5.76. The minimum atomic E-state index is -0.288. The number of rotatable bonds is 3. The predicted octanol–water partition coefficient (Wildman–Crippen LogP) is 2.26. The second-order valence-electron chi connectivity index (χ2n) is 6.43. The number of fused-ring (bicyclic) bond motifs is 1. The lowest BCUT2D eigenvalue weighted by atomic mass is 10.0. The highest BCUT2D eigenvalue weighted by Crippen LogP contribution is 2.30. The van der Waals surface area contributed by atoms with Gasteiger partial charge in [0, 0.05) is 30.4 Å². The number of hydrogen-bond donors (Lipinski definition) is 1. The molecule has 0 bridgehead atoms. The van der Waals surface area contributed by atoms with Gasteiger partial charge in [0.2, 0.25) is 5.91 Å². The van der Waals surface area contributed by atoms with E-state index >= 15 is 0 Å². The average molecular weight is 314 g/mol. The molecule has 1 unspecified atom stereocenters. The Balaban J connectivity index is 1.57. The Morgan fingerprint density at radius 3 is 2.96 bits per heavy atom. The molecule has 0 spiro atoms. The van der Waals surface area contributed by atoms with Crippen molar-refractivity contribution in [2.24, 2.45) is 5.92 Å². The Hall–Kier alpha value is -2.24. The van der Waals surface area contributed by atoms with E-state index in [1.54, 1.807) is 6.07 Å². The number of benzene rings is 1. The molecule has 2 heterocycles. The maximum atomic E-state index is 13.6. The number of nitrogens with one attached hydrogen (secondary N) is 1. The van der Waals surface area contributed by atoms with Gasteiger partial charge < -0.3 is 10.2 Å². The van der Waals surface area contributed by atoms with E-state index in [1.807, 2.05) is 0 Å². The first-order valence-electron chi connectivity index (χ1n) is 8.16. The molecular formula is C17H19FN4O. The van der Waals surface area contributed by atoms with Gasteiger partial charge in [-0.15, -0.1) is 0 Å². The fourth-order valence-electron chi connectivity index (χ4n) is 3.22. The van der Waals surface area contributed by atoms with Crippen LogP contribution in [0.25, 0.3) is 10.9 Å².